The Labute approximate surface area is 422 Å². The zero-order valence-corrected chi connectivity index (χ0v) is 39.8. The minimum Gasteiger partial charge on any atom is -0.309 e. The largest absolute Gasteiger partial charge is 0.309 e. The van der Waals surface area contributed by atoms with E-state index < -0.39 is 5.41 Å². The van der Waals surface area contributed by atoms with Crippen LogP contribution in [-0.4, -0.2) is 4.57 Å². The monoisotopic (exact) mass is 924 g/mol. The Morgan fingerprint density at radius 3 is 1.48 bits per heavy atom. The zero-order valence-electron chi connectivity index (χ0n) is 39.8. The van der Waals surface area contributed by atoms with E-state index >= 15 is 0 Å². The predicted octanol–water partition coefficient (Wildman–Crippen LogP) is 18.9. The average Bonchev–Trinajstić information content (AvgIpc) is 4.09. The van der Waals surface area contributed by atoms with Crippen molar-refractivity contribution in [3.8, 4) is 39.1 Å². The third-order valence-corrected chi connectivity index (χ3v) is 16.3. The number of para-hydroxylation sites is 1. The van der Waals surface area contributed by atoms with Crippen molar-refractivity contribution >= 4 is 82.0 Å². The summed E-state index contributed by atoms with van der Waals surface area (Å²) in [5, 5.41) is 12.4. The third kappa shape index (κ3) is 5.47. The van der Waals surface area contributed by atoms with Gasteiger partial charge in [-0.2, -0.15) is 0 Å². The van der Waals surface area contributed by atoms with Crippen molar-refractivity contribution in [2.75, 3.05) is 4.90 Å². The van der Waals surface area contributed by atoms with E-state index in [9.17, 15) is 0 Å². The Morgan fingerprint density at radius 1 is 0.301 bits per heavy atom. The van der Waals surface area contributed by atoms with E-state index in [1.54, 1.807) is 0 Å². The van der Waals surface area contributed by atoms with E-state index in [2.05, 4.69) is 276 Å². The Hall–Kier alpha value is -9.50. The van der Waals surface area contributed by atoms with E-state index in [-0.39, 0.29) is 0 Å². The van der Waals surface area contributed by atoms with E-state index in [4.69, 9.17) is 0 Å². The fraction of sp³-hybridized carbons (Fsp3) is 0.0141. The van der Waals surface area contributed by atoms with Gasteiger partial charge in [0.2, 0.25) is 0 Å². The summed E-state index contributed by atoms with van der Waals surface area (Å²) in [4.78, 5) is 2.61. The molecule has 0 N–H and O–H groups in total. The van der Waals surface area contributed by atoms with Gasteiger partial charge in [0.1, 0.15) is 0 Å². The molecule has 2 heteroatoms. The van der Waals surface area contributed by atoms with Gasteiger partial charge in [-0.3, -0.25) is 0 Å². The maximum absolute atomic E-state index is 2.61. The van der Waals surface area contributed by atoms with Crippen molar-refractivity contribution in [1.82, 2.24) is 4.57 Å². The van der Waals surface area contributed by atoms with Gasteiger partial charge >= 0.3 is 0 Å². The van der Waals surface area contributed by atoms with Crippen molar-refractivity contribution in [2.24, 2.45) is 0 Å². The molecule has 16 rings (SSSR count). The second kappa shape index (κ2) is 15.3. The molecule has 2 nitrogen and oxygen atoms in total. The molecular weight excluding hydrogens is 881 g/mol. The molecule has 1 heterocycles. The Kier molecular flexibility index (Phi) is 8.41. The highest BCUT2D eigenvalue weighted by molar-refractivity contribution is 6.27. The molecule has 0 unspecified atom stereocenters. The minimum atomic E-state index is -0.540. The first-order chi connectivity index (χ1) is 36.3. The fourth-order valence-electron chi connectivity index (χ4n) is 13.4. The topological polar surface area (TPSA) is 8.17 Å². The van der Waals surface area contributed by atoms with Gasteiger partial charge in [0.05, 0.1) is 27.8 Å². The molecule has 73 heavy (non-hydrogen) atoms. The van der Waals surface area contributed by atoms with Crippen LogP contribution in [0.25, 0.3) is 104 Å². The van der Waals surface area contributed by atoms with Crippen molar-refractivity contribution in [1.29, 1.82) is 0 Å². The Bertz CT molecular complexity index is 4540. The molecule has 1 aromatic heterocycles. The standard InChI is InChI=1S/C71H44N2/c1-3-20-45(21-4-1)59-43-61-57-32-15-18-35-64(57)71(62-33-16-13-30-55(62)56-31-14-17-34-63(56)71)65(61)44-68(59)72(48-39-41-54-52-28-10-9-26-50(52)51-27-11-12-29-53(51)60(54)42-48)66-36-19-37-67-69(66)58-40-38-46-22-7-8-25-49(46)70(58)73(67)47-23-5-2-6-24-47/h1-44H. The molecule has 0 fully saturated rings. The highest BCUT2D eigenvalue weighted by Gasteiger charge is 2.52. The molecule has 2 aliphatic rings. The molecule has 1 spiro atoms. The summed E-state index contributed by atoms with van der Waals surface area (Å²) in [5.74, 6) is 0. The summed E-state index contributed by atoms with van der Waals surface area (Å²) < 4.78 is 2.49. The first kappa shape index (κ1) is 40.3. The number of nitrogens with zero attached hydrogens (tertiary/aromatic N) is 2. The summed E-state index contributed by atoms with van der Waals surface area (Å²) in [7, 11) is 0. The maximum Gasteiger partial charge on any atom is 0.0726 e. The Balaban J connectivity index is 1.09. The van der Waals surface area contributed by atoms with Gasteiger partial charge in [-0.15, -0.1) is 0 Å². The van der Waals surface area contributed by atoms with Crippen molar-refractivity contribution in [3.63, 3.8) is 0 Å². The SMILES string of the molecule is c1ccc(-c2cc3c(cc2N(c2ccc4c5ccccc5c5ccccc5c4c2)c2cccc4c2c2ccc5ccccc5c2n4-c2ccccc2)C2(c4ccccc4-c4ccccc42)c2ccccc2-3)cc1. The third-order valence-electron chi connectivity index (χ3n) is 16.3. The van der Waals surface area contributed by atoms with Crippen LogP contribution < -0.4 is 4.90 Å². The van der Waals surface area contributed by atoms with Gasteiger partial charge < -0.3 is 9.47 Å². The predicted molar refractivity (Wildman–Crippen MR) is 307 cm³/mol. The number of rotatable bonds is 5. The molecule has 0 saturated heterocycles. The lowest BCUT2D eigenvalue weighted by Gasteiger charge is -2.33. The fourth-order valence-corrected chi connectivity index (χ4v) is 13.4. The lowest BCUT2D eigenvalue weighted by molar-refractivity contribution is 0.794. The first-order valence-electron chi connectivity index (χ1n) is 25.4. The second-order valence-electron chi connectivity index (χ2n) is 19.8. The van der Waals surface area contributed by atoms with Crippen molar-refractivity contribution < 1.29 is 0 Å². The number of hydrogen-bond donors (Lipinski definition) is 0. The van der Waals surface area contributed by atoms with Crippen LogP contribution >= 0.6 is 0 Å². The lowest BCUT2D eigenvalue weighted by Crippen LogP contribution is -2.26. The van der Waals surface area contributed by atoms with Crippen molar-refractivity contribution in [3.05, 3.63) is 289 Å². The van der Waals surface area contributed by atoms with Crippen LogP contribution in [0.5, 0.6) is 0 Å². The van der Waals surface area contributed by atoms with Gasteiger partial charge in [0, 0.05) is 33.1 Å². The molecule has 14 aromatic rings. The molecule has 0 amide bonds. The molecule has 0 atom stereocenters. The quantitative estimate of drug-likeness (QED) is 0.156. The molecule has 0 saturated carbocycles. The number of benzene rings is 13. The summed E-state index contributed by atoms with van der Waals surface area (Å²) in [6.07, 6.45) is 0. The number of fused-ring (bicyclic) bond motifs is 21. The molecule has 2 aliphatic carbocycles. The van der Waals surface area contributed by atoms with E-state index in [0.29, 0.717) is 0 Å². The van der Waals surface area contributed by atoms with Crippen molar-refractivity contribution in [2.45, 2.75) is 5.41 Å². The number of aromatic nitrogens is 1. The highest BCUT2D eigenvalue weighted by atomic mass is 15.2. The van der Waals surface area contributed by atoms with Crippen LogP contribution in [0.4, 0.5) is 17.1 Å². The number of hydrogen-bond acceptors (Lipinski definition) is 1. The molecule has 338 valence electrons. The normalized spacial score (nSPS) is 13.0. The van der Waals surface area contributed by atoms with Crippen LogP contribution in [0.15, 0.2) is 267 Å². The summed E-state index contributed by atoms with van der Waals surface area (Å²) in [5.41, 5.74) is 19.0. The van der Waals surface area contributed by atoms with Crippen LogP contribution in [0, 0.1) is 0 Å². The number of anilines is 3. The molecule has 0 radical (unpaired) electrons. The van der Waals surface area contributed by atoms with E-state index in [1.165, 1.54) is 109 Å². The smallest absolute Gasteiger partial charge is 0.0726 e. The summed E-state index contributed by atoms with van der Waals surface area (Å²) in [6, 6.07) is 100. The van der Waals surface area contributed by atoms with E-state index in [0.717, 1.165) is 33.8 Å². The molecule has 0 aliphatic heterocycles. The van der Waals surface area contributed by atoms with Crippen LogP contribution in [-0.2, 0) is 5.41 Å². The molecular formula is C71H44N2. The van der Waals surface area contributed by atoms with Crippen LogP contribution in [0.1, 0.15) is 22.3 Å². The van der Waals surface area contributed by atoms with E-state index in [1.807, 2.05) is 0 Å². The van der Waals surface area contributed by atoms with Crippen LogP contribution in [0.2, 0.25) is 0 Å². The van der Waals surface area contributed by atoms with Gasteiger partial charge in [-0.05, 0) is 136 Å². The summed E-state index contributed by atoms with van der Waals surface area (Å²) in [6.45, 7) is 0. The van der Waals surface area contributed by atoms with Gasteiger partial charge in [-0.1, -0.05) is 218 Å². The zero-order chi connectivity index (χ0) is 47.8. The second-order valence-corrected chi connectivity index (χ2v) is 19.8. The first-order valence-corrected chi connectivity index (χ1v) is 25.4. The van der Waals surface area contributed by atoms with Gasteiger partial charge in [0.15, 0.2) is 0 Å². The van der Waals surface area contributed by atoms with Gasteiger partial charge in [-0.25, -0.2) is 0 Å². The van der Waals surface area contributed by atoms with Crippen LogP contribution in [0.3, 0.4) is 0 Å². The average molecular weight is 925 g/mol. The molecule has 0 bridgehead atoms. The lowest BCUT2D eigenvalue weighted by atomic mass is 9.70. The highest BCUT2D eigenvalue weighted by Crippen LogP contribution is 2.64. The summed E-state index contributed by atoms with van der Waals surface area (Å²) >= 11 is 0. The van der Waals surface area contributed by atoms with Gasteiger partial charge in [0.25, 0.3) is 0 Å². The molecule has 13 aromatic carbocycles. The Morgan fingerprint density at radius 2 is 0.822 bits per heavy atom. The minimum absolute atomic E-state index is 0.540. The maximum atomic E-state index is 2.61.